The molecular formula is C13H13FN4O2S. The first kappa shape index (κ1) is 15.0. The summed E-state index contributed by atoms with van der Waals surface area (Å²) < 4.78 is 20.4. The second-order valence-corrected chi connectivity index (χ2v) is 4.99. The number of carbonyl (C=O) groups is 2. The number of rotatable bonds is 6. The number of carbonyl (C=O) groups excluding carboxylic acids is 2. The van der Waals surface area contributed by atoms with E-state index in [2.05, 4.69) is 14.1 Å². The standard InChI is InChI=1S/C13H13FN4O2S/c14-10-3-1-8(2-4-10)5-9(12(15)19)6-16-13(20)11-7-17-21-18-11/h1-4,7,9H,5-6H2,(H2,15,19)(H,16,20)/t9-/m1/s1. The third-order valence-electron chi connectivity index (χ3n) is 2.90. The Balaban J connectivity index is 1.94. The van der Waals surface area contributed by atoms with Gasteiger partial charge >= 0.3 is 0 Å². The molecule has 2 aromatic rings. The number of primary amides is 1. The zero-order chi connectivity index (χ0) is 15.2. The lowest BCUT2D eigenvalue weighted by Crippen LogP contribution is -2.37. The number of hydrogen-bond acceptors (Lipinski definition) is 5. The lowest BCUT2D eigenvalue weighted by atomic mass is 9.98. The van der Waals surface area contributed by atoms with Gasteiger partial charge in [0.2, 0.25) is 5.91 Å². The van der Waals surface area contributed by atoms with E-state index >= 15 is 0 Å². The van der Waals surface area contributed by atoms with Crippen LogP contribution in [0.3, 0.4) is 0 Å². The van der Waals surface area contributed by atoms with Crippen molar-refractivity contribution >= 4 is 23.5 Å². The molecule has 6 nitrogen and oxygen atoms in total. The van der Waals surface area contributed by atoms with Crippen LogP contribution in [0, 0.1) is 11.7 Å². The van der Waals surface area contributed by atoms with Gasteiger partial charge in [-0.15, -0.1) is 0 Å². The van der Waals surface area contributed by atoms with Gasteiger partial charge < -0.3 is 11.1 Å². The van der Waals surface area contributed by atoms with E-state index < -0.39 is 17.7 Å². The summed E-state index contributed by atoms with van der Waals surface area (Å²) in [6.45, 7) is 0.0864. The maximum absolute atomic E-state index is 12.8. The number of halogens is 1. The van der Waals surface area contributed by atoms with Crippen LogP contribution in [0.15, 0.2) is 30.5 Å². The fourth-order valence-electron chi connectivity index (χ4n) is 1.75. The average Bonchev–Trinajstić information content (AvgIpc) is 2.99. The van der Waals surface area contributed by atoms with Crippen molar-refractivity contribution < 1.29 is 14.0 Å². The fraction of sp³-hybridized carbons (Fsp3) is 0.231. The molecule has 0 aliphatic carbocycles. The van der Waals surface area contributed by atoms with Crippen LogP contribution < -0.4 is 11.1 Å². The minimum Gasteiger partial charge on any atom is -0.369 e. The molecule has 0 unspecified atom stereocenters. The second-order valence-electron chi connectivity index (χ2n) is 4.43. The summed E-state index contributed by atoms with van der Waals surface area (Å²) in [5.41, 5.74) is 6.30. The minimum absolute atomic E-state index is 0.0864. The Kier molecular flexibility index (Phi) is 4.94. The molecule has 1 aromatic carbocycles. The average molecular weight is 308 g/mol. The Morgan fingerprint density at radius 3 is 2.62 bits per heavy atom. The van der Waals surface area contributed by atoms with Crippen molar-refractivity contribution in [2.75, 3.05) is 6.54 Å². The van der Waals surface area contributed by atoms with Gasteiger partial charge in [0.25, 0.3) is 5.91 Å². The zero-order valence-electron chi connectivity index (χ0n) is 11.0. The summed E-state index contributed by atoms with van der Waals surface area (Å²) in [6, 6.07) is 5.79. The van der Waals surface area contributed by atoms with E-state index in [9.17, 15) is 14.0 Å². The van der Waals surface area contributed by atoms with Crippen LogP contribution >= 0.6 is 11.7 Å². The molecule has 3 N–H and O–H groups in total. The zero-order valence-corrected chi connectivity index (χ0v) is 11.8. The third-order valence-corrected chi connectivity index (χ3v) is 3.38. The van der Waals surface area contributed by atoms with Crippen LogP contribution in [0.2, 0.25) is 0 Å². The van der Waals surface area contributed by atoms with Crippen molar-refractivity contribution in [1.29, 1.82) is 0 Å². The number of benzene rings is 1. The fourth-order valence-corrected chi connectivity index (χ4v) is 2.16. The second kappa shape index (κ2) is 6.89. The number of nitrogens with zero attached hydrogens (tertiary/aromatic N) is 2. The summed E-state index contributed by atoms with van der Waals surface area (Å²) in [4.78, 5) is 23.2. The van der Waals surface area contributed by atoms with Crippen LogP contribution in [0.4, 0.5) is 4.39 Å². The molecule has 8 heteroatoms. The summed E-state index contributed by atoms with van der Waals surface area (Å²) in [6.07, 6.45) is 1.67. The van der Waals surface area contributed by atoms with Crippen molar-refractivity contribution in [3.8, 4) is 0 Å². The molecule has 0 spiro atoms. The van der Waals surface area contributed by atoms with E-state index in [4.69, 9.17) is 5.73 Å². The predicted octanol–water partition coefficient (Wildman–Crippen LogP) is 0.751. The topological polar surface area (TPSA) is 98.0 Å². The number of nitrogens with one attached hydrogen (secondary N) is 1. The summed E-state index contributed by atoms with van der Waals surface area (Å²) in [5, 5.41) is 2.59. The molecule has 2 amide bonds. The molecular weight excluding hydrogens is 295 g/mol. The van der Waals surface area contributed by atoms with Crippen LogP contribution in [0.5, 0.6) is 0 Å². The van der Waals surface area contributed by atoms with Crippen LogP contribution in [0.1, 0.15) is 16.1 Å². The first-order chi connectivity index (χ1) is 10.1. The highest BCUT2D eigenvalue weighted by Gasteiger charge is 2.18. The Morgan fingerprint density at radius 1 is 1.33 bits per heavy atom. The van der Waals surface area contributed by atoms with Crippen molar-refractivity contribution in [2.24, 2.45) is 11.7 Å². The highest BCUT2D eigenvalue weighted by molar-refractivity contribution is 6.99. The number of hydrogen-bond donors (Lipinski definition) is 2. The van der Waals surface area contributed by atoms with Crippen molar-refractivity contribution in [2.45, 2.75) is 6.42 Å². The monoisotopic (exact) mass is 308 g/mol. The SMILES string of the molecule is NC(=O)[C@@H](CNC(=O)c1cnsn1)Cc1ccc(F)cc1. The van der Waals surface area contributed by atoms with Gasteiger partial charge in [-0.25, -0.2) is 4.39 Å². The first-order valence-corrected chi connectivity index (χ1v) is 6.89. The lowest BCUT2D eigenvalue weighted by molar-refractivity contribution is -0.121. The van der Waals surface area contributed by atoms with Gasteiger partial charge in [0.15, 0.2) is 5.69 Å². The van der Waals surface area contributed by atoms with Crippen LogP contribution in [-0.4, -0.2) is 27.1 Å². The molecule has 1 heterocycles. The Bertz CT molecular complexity index is 616. The van der Waals surface area contributed by atoms with Gasteiger partial charge in [0, 0.05) is 6.54 Å². The molecule has 21 heavy (non-hydrogen) atoms. The molecule has 1 aromatic heterocycles. The molecule has 1 atom stereocenters. The first-order valence-electron chi connectivity index (χ1n) is 6.16. The molecule has 2 rings (SSSR count). The van der Waals surface area contributed by atoms with Gasteiger partial charge in [-0.2, -0.15) is 8.75 Å². The van der Waals surface area contributed by atoms with Gasteiger partial charge in [0.1, 0.15) is 5.82 Å². The van der Waals surface area contributed by atoms with E-state index in [1.54, 1.807) is 12.1 Å². The quantitative estimate of drug-likeness (QED) is 0.823. The van der Waals surface area contributed by atoms with E-state index in [-0.39, 0.29) is 18.1 Å². The van der Waals surface area contributed by atoms with E-state index in [1.165, 1.54) is 18.3 Å². The minimum atomic E-state index is -0.578. The summed E-state index contributed by atoms with van der Waals surface area (Å²) in [5.74, 6) is -1.87. The number of amides is 2. The molecule has 0 bridgehead atoms. The van der Waals surface area contributed by atoms with Crippen molar-refractivity contribution in [3.05, 3.63) is 47.5 Å². The predicted molar refractivity (Wildman–Crippen MR) is 75.0 cm³/mol. The maximum Gasteiger partial charge on any atom is 0.272 e. The number of aromatic nitrogens is 2. The molecule has 0 saturated heterocycles. The smallest absolute Gasteiger partial charge is 0.272 e. The lowest BCUT2D eigenvalue weighted by Gasteiger charge is -2.14. The maximum atomic E-state index is 12.8. The molecule has 0 aliphatic rings. The van der Waals surface area contributed by atoms with Crippen molar-refractivity contribution in [3.63, 3.8) is 0 Å². The van der Waals surface area contributed by atoms with Crippen molar-refractivity contribution in [1.82, 2.24) is 14.1 Å². The van der Waals surface area contributed by atoms with Crippen LogP contribution in [-0.2, 0) is 11.2 Å². The largest absolute Gasteiger partial charge is 0.369 e. The van der Waals surface area contributed by atoms with Crippen LogP contribution in [0.25, 0.3) is 0 Å². The molecule has 0 aliphatic heterocycles. The molecule has 0 radical (unpaired) electrons. The summed E-state index contributed by atoms with van der Waals surface area (Å²) >= 11 is 0.924. The van der Waals surface area contributed by atoms with Gasteiger partial charge in [-0.3, -0.25) is 9.59 Å². The summed E-state index contributed by atoms with van der Waals surface area (Å²) in [7, 11) is 0. The molecule has 0 saturated carbocycles. The number of nitrogens with two attached hydrogens (primary N) is 1. The molecule has 0 fully saturated rings. The van der Waals surface area contributed by atoms with Gasteiger partial charge in [-0.1, -0.05) is 12.1 Å². The van der Waals surface area contributed by atoms with Gasteiger partial charge in [0.05, 0.1) is 23.8 Å². The van der Waals surface area contributed by atoms with Gasteiger partial charge in [-0.05, 0) is 24.1 Å². The van der Waals surface area contributed by atoms with E-state index in [0.717, 1.165) is 17.3 Å². The Hall–Kier alpha value is -2.35. The Labute approximate surface area is 124 Å². The highest BCUT2D eigenvalue weighted by Crippen LogP contribution is 2.10. The normalized spacial score (nSPS) is 11.9. The third kappa shape index (κ3) is 4.32. The highest BCUT2D eigenvalue weighted by atomic mass is 32.1. The molecule has 110 valence electrons. The Morgan fingerprint density at radius 2 is 2.05 bits per heavy atom. The van der Waals surface area contributed by atoms with E-state index in [1.807, 2.05) is 0 Å². The van der Waals surface area contributed by atoms with E-state index in [0.29, 0.717) is 6.42 Å².